The molecule has 1 aromatic carbocycles. The van der Waals surface area contributed by atoms with Gasteiger partial charge in [-0.05, 0) is 13.3 Å². The van der Waals surface area contributed by atoms with E-state index in [1.807, 2.05) is 30.3 Å². The number of amidine groups is 1. The first kappa shape index (κ1) is 11.1. The van der Waals surface area contributed by atoms with Crippen molar-refractivity contribution in [1.29, 1.82) is 0 Å². The van der Waals surface area contributed by atoms with E-state index in [2.05, 4.69) is 16.8 Å². The second-order valence-corrected chi connectivity index (χ2v) is 5.83. The Kier molecular flexibility index (Phi) is 2.64. The van der Waals surface area contributed by atoms with Crippen LogP contribution in [0.1, 0.15) is 18.9 Å². The van der Waals surface area contributed by atoms with Gasteiger partial charge in [-0.25, -0.2) is 0 Å². The first-order valence-corrected chi connectivity index (χ1v) is 6.87. The Morgan fingerprint density at radius 1 is 1.41 bits per heavy atom. The average Bonchev–Trinajstić information content (AvgIpc) is 2.64. The summed E-state index contributed by atoms with van der Waals surface area (Å²) in [7, 11) is 0. The maximum Gasteiger partial charge on any atom is 0.178 e. The fourth-order valence-electron chi connectivity index (χ4n) is 2.54. The van der Waals surface area contributed by atoms with Gasteiger partial charge in [-0.2, -0.15) is 0 Å². The second-order valence-electron chi connectivity index (χ2n) is 4.52. The van der Waals surface area contributed by atoms with Gasteiger partial charge in [-0.15, -0.1) is 0 Å². The summed E-state index contributed by atoms with van der Waals surface area (Å²) >= 11 is 1.68. The van der Waals surface area contributed by atoms with E-state index < -0.39 is 5.72 Å². The molecule has 3 nitrogen and oxygen atoms in total. The molecule has 3 rings (SSSR count). The van der Waals surface area contributed by atoms with Gasteiger partial charge in [0.25, 0.3) is 0 Å². The first-order valence-electron chi connectivity index (χ1n) is 5.99. The molecule has 0 bridgehead atoms. The Labute approximate surface area is 106 Å². The molecule has 0 spiro atoms. The molecule has 1 N–H and O–H groups in total. The van der Waals surface area contributed by atoms with Crippen molar-refractivity contribution in [3.8, 4) is 0 Å². The van der Waals surface area contributed by atoms with Crippen molar-refractivity contribution >= 4 is 16.9 Å². The van der Waals surface area contributed by atoms with Crippen LogP contribution in [0.3, 0.4) is 0 Å². The Bertz CT molecular complexity index is 448. The van der Waals surface area contributed by atoms with Gasteiger partial charge in [-0.1, -0.05) is 42.1 Å². The number of hydrogen-bond donors (Lipinski definition) is 1. The van der Waals surface area contributed by atoms with E-state index in [4.69, 9.17) is 0 Å². The smallest absolute Gasteiger partial charge is 0.178 e. The van der Waals surface area contributed by atoms with Crippen molar-refractivity contribution in [3.05, 3.63) is 35.9 Å². The van der Waals surface area contributed by atoms with E-state index >= 15 is 0 Å². The molecule has 4 heteroatoms. The van der Waals surface area contributed by atoms with Crippen molar-refractivity contribution < 1.29 is 5.11 Å². The van der Waals surface area contributed by atoms with Crippen LogP contribution in [0.25, 0.3) is 0 Å². The van der Waals surface area contributed by atoms with Crippen LogP contribution in [0.15, 0.2) is 35.3 Å². The van der Waals surface area contributed by atoms with Crippen LogP contribution in [0, 0.1) is 0 Å². The lowest BCUT2D eigenvalue weighted by atomic mass is 9.97. The summed E-state index contributed by atoms with van der Waals surface area (Å²) in [6.07, 6.45) is 1.02. The van der Waals surface area contributed by atoms with Crippen molar-refractivity contribution in [3.63, 3.8) is 0 Å². The minimum Gasteiger partial charge on any atom is -0.366 e. The van der Waals surface area contributed by atoms with E-state index in [1.54, 1.807) is 11.8 Å². The highest BCUT2D eigenvalue weighted by molar-refractivity contribution is 8.14. The molecule has 0 amide bonds. The van der Waals surface area contributed by atoms with Gasteiger partial charge in [0.1, 0.15) is 0 Å². The highest BCUT2D eigenvalue weighted by Crippen LogP contribution is 2.45. The summed E-state index contributed by atoms with van der Waals surface area (Å²) in [5.41, 5.74) is 0.0673. The monoisotopic (exact) mass is 248 g/mol. The van der Waals surface area contributed by atoms with E-state index in [0.29, 0.717) is 0 Å². The summed E-state index contributed by atoms with van der Waals surface area (Å²) in [5, 5.41) is 12.2. The van der Waals surface area contributed by atoms with Crippen molar-refractivity contribution in [2.45, 2.75) is 24.3 Å². The molecule has 0 radical (unpaired) electrons. The summed E-state index contributed by atoms with van der Waals surface area (Å²) in [4.78, 5) is 6.57. The first-order chi connectivity index (χ1) is 8.23. The van der Waals surface area contributed by atoms with E-state index in [0.717, 1.165) is 30.2 Å². The number of rotatable bonds is 1. The lowest BCUT2D eigenvalue weighted by molar-refractivity contribution is -0.0689. The molecule has 2 aliphatic rings. The van der Waals surface area contributed by atoms with Gasteiger partial charge in [0.2, 0.25) is 0 Å². The van der Waals surface area contributed by atoms with Crippen LogP contribution < -0.4 is 0 Å². The Balaban J connectivity index is 2.06. The summed E-state index contributed by atoms with van der Waals surface area (Å²) < 4.78 is 0. The lowest BCUT2D eigenvalue weighted by Gasteiger charge is -2.38. The molecule has 2 unspecified atom stereocenters. The van der Waals surface area contributed by atoms with Crippen LogP contribution in [0.2, 0.25) is 0 Å². The van der Waals surface area contributed by atoms with Gasteiger partial charge in [0.15, 0.2) is 10.9 Å². The van der Waals surface area contributed by atoms with E-state index in [-0.39, 0.29) is 5.25 Å². The van der Waals surface area contributed by atoms with Gasteiger partial charge < -0.3 is 10.0 Å². The van der Waals surface area contributed by atoms with Gasteiger partial charge >= 0.3 is 0 Å². The molecule has 0 saturated carbocycles. The number of benzene rings is 1. The maximum atomic E-state index is 11.1. The molecule has 1 aromatic rings. The average molecular weight is 248 g/mol. The van der Waals surface area contributed by atoms with Crippen LogP contribution >= 0.6 is 11.8 Å². The number of hydrogen-bond acceptors (Lipinski definition) is 4. The van der Waals surface area contributed by atoms with E-state index in [9.17, 15) is 5.11 Å². The SMILES string of the molecule is CC1SC2=NCCCN2C1(O)c1ccccc1. The second kappa shape index (κ2) is 4.03. The van der Waals surface area contributed by atoms with Crippen LogP contribution in [0.4, 0.5) is 0 Å². The number of fused-ring (bicyclic) bond motifs is 1. The maximum absolute atomic E-state index is 11.1. The molecular formula is C13H16N2OS. The Morgan fingerprint density at radius 3 is 2.94 bits per heavy atom. The number of thioether (sulfide) groups is 1. The number of aliphatic hydroxyl groups is 1. The molecule has 2 heterocycles. The molecule has 0 aliphatic carbocycles. The van der Waals surface area contributed by atoms with Gasteiger partial charge in [-0.3, -0.25) is 4.99 Å². The zero-order chi connectivity index (χ0) is 11.9. The van der Waals surface area contributed by atoms with Gasteiger partial charge in [0, 0.05) is 18.7 Å². The minimum atomic E-state index is -0.898. The number of nitrogens with zero attached hydrogens (tertiary/aromatic N) is 2. The molecule has 1 fully saturated rings. The third-order valence-corrected chi connectivity index (χ3v) is 4.72. The zero-order valence-electron chi connectivity index (χ0n) is 9.84. The molecule has 2 aliphatic heterocycles. The van der Waals surface area contributed by atoms with Gasteiger partial charge in [0.05, 0.1) is 5.25 Å². The van der Waals surface area contributed by atoms with Crippen LogP contribution in [-0.2, 0) is 5.72 Å². The Morgan fingerprint density at radius 2 is 2.18 bits per heavy atom. The lowest BCUT2D eigenvalue weighted by Crippen LogP contribution is -2.49. The largest absolute Gasteiger partial charge is 0.366 e. The third kappa shape index (κ3) is 1.58. The highest BCUT2D eigenvalue weighted by atomic mass is 32.2. The number of aliphatic imine (C=N–C) groups is 1. The molecule has 90 valence electrons. The quantitative estimate of drug-likeness (QED) is 0.826. The van der Waals surface area contributed by atoms with E-state index in [1.165, 1.54) is 0 Å². The molecule has 0 aromatic heterocycles. The standard InChI is InChI=1S/C13H16N2OS/c1-10-13(16,11-6-3-2-4-7-11)15-9-5-8-14-12(15)17-10/h2-4,6-7,10,16H,5,8-9H2,1H3. The zero-order valence-corrected chi connectivity index (χ0v) is 10.7. The summed E-state index contributed by atoms with van der Waals surface area (Å²) in [6.45, 7) is 3.84. The fourth-order valence-corrected chi connectivity index (χ4v) is 3.80. The third-order valence-electron chi connectivity index (χ3n) is 3.48. The molecule has 1 saturated heterocycles. The molecule has 17 heavy (non-hydrogen) atoms. The topological polar surface area (TPSA) is 35.8 Å². The van der Waals surface area contributed by atoms with Crippen LogP contribution in [-0.4, -0.2) is 33.5 Å². The highest BCUT2D eigenvalue weighted by Gasteiger charge is 2.50. The summed E-state index contributed by atoms with van der Waals surface area (Å²) in [6, 6.07) is 9.92. The minimum absolute atomic E-state index is 0.113. The van der Waals surface area contributed by atoms with Crippen molar-refractivity contribution in [1.82, 2.24) is 4.90 Å². The Hall–Kier alpha value is -1.00. The predicted molar refractivity (Wildman–Crippen MR) is 71.0 cm³/mol. The summed E-state index contributed by atoms with van der Waals surface area (Å²) in [5.74, 6) is 0. The molecular weight excluding hydrogens is 232 g/mol. The molecule has 2 atom stereocenters. The normalized spacial score (nSPS) is 32.2. The van der Waals surface area contributed by atoms with Crippen molar-refractivity contribution in [2.24, 2.45) is 4.99 Å². The van der Waals surface area contributed by atoms with Crippen molar-refractivity contribution in [2.75, 3.05) is 13.1 Å². The fraction of sp³-hybridized carbons (Fsp3) is 0.462. The predicted octanol–water partition coefficient (Wildman–Crippen LogP) is 2.03. The van der Waals surface area contributed by atoms with Crippen LogP contribution in [0.5, 0.6) is 0 Å².